The topological polar surface area (TPSA) is 67.9 Å². The van der Waals surface area contributed by atoms with Crippen LogP contribution in [-0.4, -0.2) is 22.1 Å². The average molecular weight is 285 g/mol. The van der Waals surface area contributed by atoms with Crippen LogP contribution in [0.3, 0.4) is 0 Å². The van der Waals surface area contributed by atoms with Crippen LogP contribution in [-0.2, 0) is 19.3 Å². The minimum absolute atomic E-state index is 0.0263. The third kappa shape index (κ3) is 3.12. The van der Waals surface area contributed by atoms with Crippen LogP contribution >= 0.6 is 0 Å². The first-order valence-electron chi connectivity index (χ1n) is 7.36. The maximum atomic E-state index is 12.2. The van der Waals surface area contributed by atoms with Crippen LogP contribution in [0.15, 0.2) is 23.1 Å². The molecule has 0 saturated carbocycles. The third-order valence-corrected chi connectivity index (χ3v) is 3.87. The van der Waals surface area contributed by atoms with E-state index in [0.717, 1.165) is 42.5 Å². The predicted octanol–water partition coefficient (Wildman–Crippen LogP) is 2.03. The van der Waals surface area contributed by atoms with Crippen molar-refractivity contribution in [3.8, 4) is 5.88 Å². The highest BCUT2D eigenvalue weighted by Crippen LogP contribution is 2.16. The van der Waals surface area contributed by atoms with Crippen LogP contribution < -0.4 is 10.3 Å². The molecule has 0 radical (unpaired) electrons. The van der Waals surface area contributed by atoms with Crippen molar-refractivity contribution in [1.29, 1.82) is 0 Å². The van der Waals surface area contributed by atoms with E-state index in [4.69, 9.17) is 4.74 Å². The number of hydrogen-bond acceptors (Lipinski definition) is 4. The van der Waals surface area contributed by atoms with Crippen LogP contribution in [0.1, 0.15) is 41.9 Å². The summed E-state index contributed by atoms with van der Waals surface area (Å²) in [6.45, 7) is 0. The van der Waals surface area contributed by atoms with E-state index in [1.807, 2.05) is 12.1 Å². The van der Waals surface area contributed by atoms with Crippen LogP contribution in [0.2, 0.25) is 0 Å². The number of H-pyrrole nitrogens is 1. The molecule has 0 spiro atoms. The zero-order valence-electron chi connectivity index (χ0n) is 12.2. The van der Waals surface area contributed by atoms with E-state index >= 15 is 0 Å². The summed E-state index contributed by atoms with van der Waals surface area (Å²) >= 11 is 0. The van der Waals surface area contributed by atoms with Crippen molar-refractivity contribution in [3.63, 3.8) is 0 Å². The fourth-order valence-corrected chi connectivity index (χ4v) is 2.74. The Hall–Kier alpha value is -2.17. The zero-order chi connectivity index (χ0) is 14.7. The number of nitrogens with one attached hydrogen (secondary N) is 1. The Balaban J connectivity index is 1.87. The first kappa shape index (κ1) is 13.8. The molecule has 0 unspecified atom stereocenters. The first-order valence-corrected chi connectivity index (χ1v) is 7.36. The minimum atomic E-state index is 0.0263. The number of aromatic amines is 1. The highest BCUT2D eigenvalue weighted by molar-refractivity contribution is 5.24. The molecule has 1 aliphatic rings. The highest BCUT2D eigenvalue weighted by atomic mass is 16.5. The second kappa shape index (κ2) is 6.08. The van der Waals surface area contributed by atoms with Gasteiger partial charge in [-0.15, -0.1) is 0 Å². The molecule has 0 saturated heterocycles. The molecule has 21 heavy (non-hydrogen) atoms. The Morgan fingerprint density at radius 3 is 2.86 bits per heavy atom. The summed E-state index contributed by atoms with van der Waals surface area (Å²) in [5.74, 6) is 1.30. The van der Waals surface area contributed by atoms with Crippen molar-refractivity contribution >= 4 is 0 Å². The Morgan fingerprint density at radius 1 is 1.24 bits per heavy atom. The molecular weight excluding hydrogens is 266 g/mol. The standard InChI is InChI=1S/C16H19N3O2/c1-21-15-8-7-11(10-17-15)9-14-18-13-6-4-2-3-5-12(13)16(20)19-14/h7-8,10H,2-6,9H2,1H3,(H,18,19,20). The molecule has 0 fully saturated rings. The molecule has 0 aliphatic heterocycles. The van der Waals surface area contributed by atoms with Gasteiger partial charge in [0, 0.05) is 24.2 Å². The molecule has 3 rings (SSSR count). The van der Waals surface area contributed by atoms with Gasteiger partial charge in [-0.3, -0.25) is 4.79 Å². The summed E-state index contributed by atoms with van der Waals surface area (Å²) in [5.41, 5.74) is 2.89. The number of pyridine rings is 1. The number of aryl methyl sites for hydroxylation is 1. The summed E-state index contributed by atoms with van der Waals surface area (Å²) in [5, 5.41) is 0. The molecule has 0 atom stereocenters. The lowest BCUT2D eigenvalue weighted by atomic mass is 10.1. The van der Waals surface area contributed by atoms with Gasteiger partial charge >= 0.3 is 0 Å². The Morgan fingerprint density at radius 2 is 2.10 bits per heavy atom. The fraction of sp³-hybridized carbons (Fsp3) is 0.438. The summed E-state index contributed by atoms with van der Waals surface area (Å²) in [4.78, 5) is 23.9. The molecule has 5 nitrogen and oxygen atoms in total. The summed E-state index contributed by atoms with van der Waals surface area (Å²) in [6, 6.07) is 3.76. The maximum absolute atomic E-state index is 12.2. The smallest absolute Gasteiger partial charge is 0.254 e. The lowest BCUT2D eigenvalue weighted by Crippen LogP contribution is -2.19. The van der Waals surface area contributed by atoms with Gasteiger partial charge in [-0.2, -0.15) is 0 Å². The van der Waals surface area contributed by atoms with Gasteiger partial charge in [0.15, 0.2) is 0 Å². The lowest BCUT2D eigenvalue weighted by Gasteiger charge is -2.07. The molecule has 0 bridgehead atoms. The molecule has 2 aromatic rings. The quantitative estimate of drug-likeness (QED) is 0.876. The van der Waals surface area contributed by atoms with Crippen molar-refractivity contribution in [2.45, 2.75) is 38.5 Å². The summed E-state index contributed by atoms with van der Waals surface area (Å²) in [6.07, 6.45) is 7.47. The average Bonchev–Trinajstić information content (AvgIpc) is 2.74. The largest absolute Gasteiger partial charge is 0.481 e. The molecule has 1 N–H and O–H groups in total. The van der Waals surface area contributed by atoms with E-state index in [1.165, 1.54) is 6.42 Å². The second-order valence-electron chi connectivity index (χ2n) is 5.38. The van der Waals surface area contributed by atoms with Gasteiger partial charge in [0.25, 0.3) is 5.56 Å². The van der Waals surface area contributed by atoms with Crippen molar-refractivity contribution in [1.82, 2.24) is 15.0 Å². The van der Waals surface area contributed by atoms with Gasteiger partial charge in [0.05, 0.1) is 12.8 Å². The maximum Gasteiger partial charge on any atom is 0.254 e. The predicted molar refractivity (Wildman–Crippen MR) is 79.7 cm³/mol. The zero-order valence-corrected chi connectivity index (χ0v) is 12.2. The minimum Gasteiger partial charge on any atom is -0.481 e. The number of rotatable bonds is 3. The molecule has 110 valence electrons. The SMILES string of the molecule is COc1ccc(Cc2nc3c(c(=O)[nH]2)CCCCC3)cn1. The van der Waals surface area contributed by atoms with E-state index < -0.39 is 0 Å². The number of fused-ring (bicyclic) bond motifs is 1. The fourth-order valence-electron chi connectivity index (χ4n) is 2.74. The van der Waals surface area contributed by atoms with Crippen LogP contribution in [0.5, 0.6) is 5.88 Å². The number of nitrogens with zero attached hydrogens (tertiary/aromatic N) is 2. The van der Waals surface area contributed by atoms with Crippen molar-refractivity contribution < 1.29 is 4.74 Å². The lowest BCUT2D eigenvalue weighted by molar-refractivity contribution is 0.397. The van der Waals surface area contributed by atoms with Crippen LogP contribution in [0, 0.1) is 0 Å². The summed E-state index contributed by atoms with van der Waals surface area (Å²) in [7, 11) is 1.59. The number of methoxy groups -OCH3 is 1. The molecule has 1 aliphatic carbocycles. The van der Waals surface area contributed by atoms with E-state index in [1.54, 1.807) is 13.3 Å². The Labute approximate surface area is 123 Å². The van der Waals surface area contributed by atoms with Gasteiger partial charge in [0.1, 0.15) is 5.82 Å². The molecule has 0 aromatic carbocycles. The van der Waals surface area contributed by atoms with Gasteiger partial charge in [-0.25, -0.2) is 9.97 Å². The molecular formula is C16H19N3O2. The van der Waals surface area contributed by atoms with Crippen LogP contribution in [0.25, 0.3) is 0 Å². The third-order valence-electron chi connectivity index (χ3n) is 3.87. The van der Waals surface area contributed by atoms with Crippen molar-refractivity contribution in [3.05, 3.63) is 51.3 Å². The van der Waals surface area contributed by atoms with E-state index in [-0.39, 0.29) is 5.56 Å². The molecule has 2 heterocycles. The number of hydrogen-bond donors (Lipinski definition) is 1. The number of aromatic nitrogens is 3. The normalized spacial score (nSPS) is 14.3. The Kier molecular flexibility index (Phi) is 3.99. The summed E-state index contributed by atoms with van der Waals surface area (Å²) < 4.78 is 5.04. The highest BCUT2D eigenvalue weighted by Gasteiger charge is 2.14. The first-order chi connectivity index (χ1) is 10.3. The van der Waals surface area contributed by atoms with Crippen LogP contribution in [0.4, 0.5) is 0 Å². The van der Waals surface area contributed by atoms with Gasteiger partial charge < -0.3 is 9.72 Å². The van der Waals surface area contributed by atoms with Crippen molar-refractivity contribution in [2.75, 3.05) is 7.11 Å². The van der Waals surface area contributed by atoms with E-state index in [0.29, 0.717) is 18.1 Å². The van der Waals surface area contributed by atoms with Gasteiger partial charge in [0.2, 0.25) is 5.88 Å². The molecule has 5 heteroatoms. The van der Waals surface area contributed by atoms with Gasteiger partial charge in [-0.1, -0.05) is 12.5 Å². The monoisotopic (exact) mass is 285 g/mol. The molecule has 2 aromatic heterocycles. The van der Waals surface area contributed by atoms with E-state index in [9.17, 15) is 4.79 Å². The second-order valence-corrected chi connectivity index (χ2v) is 5.38. The van der Waals surface area contributed by atoms with Gasteiger partial charge in [-0.05, 0) is 31.2 Å². The van der Waals surface area contributed by atoms with E-state index in [2.05, 4.69) is 15.0 Å². The Bertz CT molecular complexity index is 677. The molecule has 0 amide bonds. The number of ether oxygens (including phenoxy) is 1. The van der Waals surface area contributed by atoms with Crippen molar-refractivity contribution in [2.24, 2.45) is 0 Å².